The number of carbonyl (C=O) groups excluding carboxylic acids is 3. The molecule has 0 aromatic heterocycles. The molecule has 1 fully saturated rings. The maximum Gasteiger partial charge on any atom is 0.261 e. The van der Waals surface area contributed by atoms with Crippen molar-refractivity contribution in [3.05, 3.63) is 59.2 Å². The molecule has 3 rings (SSSR count). The minimum atomic E-state index is -3.86. The first kappa shape index (κ1) is 22.5. The summed E-state index contributed by atoms with van der Waals surface area (Å²) < 4.78 is 28.0. The third-order valence-corrected chi connectivity index (χ3v) is 6.41. The molecule has 3 amide bonds. The van der Waals surface area contributed by atoms with Gasteiger partial charge in [0, 0.05) is 37.2 Å². The van der Waals surface area contributed by atoms with Gasteiger partial charge in [0.15, 0.2) is 0 Å². The van der Waals surface area contributed by atoms with Crippen LogP contribution in [0.2, 0.25) is 0 Å². The lowest BCUT2D eigenvalue weighted by atomic mass is 10.1. The van der Waals surface area contributed by atoms with Crippen LogP contribution in [0.25, 0.3) is 0 Å². The van der Waals surface area contributed by atoms with Gasteiger partial charge in [-0.1, -0.05) is 18.2 Å². The molecule has 0 unspecified atom stereocenters. The van der Waals surface area contributed by atoms with Crippen LogP contribution in [-0.2, 0) is 19.6 Å². The minimum absolute atomic E-state index is 0.0157. The summed E-state index contributed by atoms with van der Waals surface area (Å²) in [5.74, 6) is -0.790. The first-order chi connectivity index (χ1) is 14.7. The van der Waals surface area contributed by atoms with Gasteiger partial charge in [0.05, 0.1) is 4.90 Å². The molecule has 1 heterocycles. The fourth-order valence-electron chi connectivity index (χ4n) is 3.34. The van der Waals surface area contributed by atoms with Gasteiger partial charge in [-0.15, -0.1) is 0 Å². The monoisotopic (exact) mass is 443 g/mol. The number of amides is 3. The third kappa shape index (κ3) is 5.49. The van der Waals surface area contributed by atoms with E-state index in [4.69, 9.17) is 0 Å². The Morgan fingerprint density at radius 2 is 1.74 bits per heavy atom. The molecule has 2 aromatic rings. The zero-order valence-electron chi connectivity index (χ0n) is 17.5. The van der Waals surface area contributed by atoms with E-state index in [1.807, 2.05) is 13.0 Å². The summed E-state index contributed by atoms with van der Waals surface area (Å²) in [6.45, 7) is 4.10. The molecule has 0 atom stereocenters. The highest BCUT2D eigenvalue weighted by molar-refractivity contribution is 7.92. The molecular weight excluding hydrogens is 418 g/mol. The lowest BCUT2D eigenvalue weighted by Crippen LogP contribution is -2.33. The molecule has 0 radical (unpaired) electrons. The number of anilines is 1. The van der Waals surface area contributed by atoms with E-state index in [9.17, 15) is 22.8 Å². The number of imide groups is 1. The fraction of sp³-hybridized carbons (Fsp3) is 0.318. The number of rotatable bonds is 8. The predicted octanol–water partition coefficient (Wildman–Crippen LogP) is 2.37. The molecule has 2 aromatic carbocycles. The maximum absolute atomic E-state index is 12.8. The topological polar surface area (TPSA) is 113 Å². The average Bonchev–Trinajstić information content (AvgIpc) is 3.02. The Balaban J connectivity index is 1.65. The van der Waals surface area contributed by atoms with E-state index >= 15 is 0 Å². The molecule has 9 heteroatoms. The van der Waals surface area contributed by atoms with Crippen LogP contribution in [0.1, 0.15) is 40.7 Å². The molecule has 1 aliphatic heterocycles. The molecule has 31 heavy (non-hydrogen) atoms. The van der Waals surface area contributed by atoms with Crippen LogP contribution in [-0.4, -0.2) is 44.1 Å². The summed E-state index contributed by atoms with van der Waals surface area (Å²) >= 11 is 0. The van der Waals surface area contributed by atoms with Gasteiger partial charge in [0.1, 0.15) is 0 Å². The molecule has 8 nitrogen and oxygen atoms in total. The molecule has 164 valence electrons. The van der Waals surface area contributed by atoms with E-state index < -0.39 is 15.9 Å². The van der Waals surface area contributed by atoms with Gasteiger partial charge in [-0.3, -0.25) is 24.0 Å². The van der Waals surface area contributed by atoms with Crippen molar-refractivity contribution in [3.8, 4) is 0 Å². The van der Waals surface area contributed by atoms with Crippen LogP contribution in [0, 0.1) is 13.8 Å². The third-order valence-electron chi connectivity index (χ3n) is 5.03. The second kappa shape index (κ2) is 9.30. The standard InChI is InChI=1S/C22H25N3O5S/c1-15-5-3-6-17(13-15)24-31(29,30)18-8-7-16(2)19(14-18)22(28)23-11-4-12-25-20(26)9-10-21(25)27/h3,5-8,13-14,24H,4,9-12H2,1-2H3,(H,23,28). The van der Waals surface area contributed by atoms with Gasteiger partial charge in [-0.25, -0.2) is 8.42 Å². The minimum Gasteiger partial charge on any atom is -0.352 e. The van der Waals surface area contributed by atoms with Crippen molar-refractivity contribution in [3.63, 3.8) is 0 Å². The Labute approximate surface area is 181 Å². The maximum atomic E-state index is 12.8. The Morgan fingerprint density at radius 3 is 2.42 bits per heavy atom. The summed E-state index contributed by atoms with van der Waals surface area (Å²) in [4.78, 5) is 37.0. The van der Waals surface area contributed by atoms with Gasteiger partial charge >= 0.3 is 0 Å². The molecular formula is C22H25N3O5S. The zero-order valence-corrected chi connectivity index (χ0v) is 18.3. The van der Waals surface area contributed by atoms with E-state index in [1.54, 1.807) is 31.2 Å². The van der Waals surface area contributed by atoms with Crippen molar-refractivity contribution < 1.29 is 22.8 Å². The highest BCUT2D eigenvalue weighted by Gasteiger charge is 2.28. The van der Waals surface area contributed by atoms with Crippen molar-refractivity contribution in [2.45, 2.75) is 38.0 Å². The SMILES string of the molecule is Cc1cccc(NS(=O)(=O)c2ccc(C)c(C(=O)NCCCN3C(=O)CCC3=O)c2)c1. The van der Waals surface area contributed by atoms with Crippen molar-refractivity contribution in [2.75, 3.05) is 17.8 Å². The Bertz CT molecular complexity index is 1110. The lowest BCUT2D eigenvalue weighted by Gasteiger charge is -2.14. The molecule has 2 N–H and O–H groups in total. The number of carbonyl (C=O) groups is 3. The number of aryl methyl sites for hydroxylation is 2. The van der Waals surface area contributed by atoms with Crippen molar-refractivity contribution in [1.82, 2.24) is 10.2 Å². The highest BCUT2D eigenvalue weighted by atomic mass is 32.2. The van der Waals surface area contributed by atoms with E-state index in [2.05, 4.69) is 10.0 Å². The Kier molecular flexibility index (Phi) is 6.74. The van der Waals surface area contributed by atoms with Gasteiger partial charge < -0.3 is 5.32 Å². The normalized spacial score (nSPS) is 14.1. The summed E-state index contributed by atoms with van der Waals surface area (Å²) in [5.41, 5.74) is 2.25. The van der Waals surface area contributed by atoms with Crippen LogP contribution >= 0.6 is 0 Å². The van der Waals surface area contributed by atoms with Crippen molar-refractivity contribution in [2.24, 2.45) is 0 Å². The van der Waals surface area contributed by atoms with E-state index in [1.165, 1.54) is 17.0 Å². The van der Waals surface area contributed by atoms with Crippen LogP contribution in [0.15, 0.2) is 47.4 Å². The number of sulfonamides is 1. The fourth-order valence-corrected chi connectivity index (χ4v) is 4.42. The molecule has 0 saturated carbocycles. The first-order valence-electron chi connectivity index (χ1n) is 9.99. The number of nitrogens with one attached hydrogen (secondary N) is 2. The van der Waals surface area contributed by atoms with Gasteiger partial charge in [-0.2, -0.15) is 0 Å². The lowest BCUT2D eigenvalue weighted by molar-refractivity contribution is -0.138. The number of nitrogens with zero attached hydrogens (tertiary/aromatic N) is 1. The summed E-state index contributed by atoms with van der Waals surface area (Å²) in [7, 11) is -3.86. The molecule has 1 saturated heterocycles. The summed E-state index contributed by atoms with van der Waals surface area (Å²) in [5, 5.41) is 2.73. The van der Waals surface area contributed by atoms with Crippen molar-refractivity contribution >= 4 is 33.4 Å². The van der Waals surface area contributed by atoms with E-state index in [0.29, 0.717) is 17.7 Å². The van der Waals surface area contributed by atoms with Gasteiger partial charge in [0.2, 0.25) is 11.8 Å². The molecule has 0 spiro atoms. The largest absolute Gasteiger partial charge is 0.352 e. The number of hydrogen-bond acceptors (Lipinski definition) is 5. The zero-order chi connectivity index (χ0) is 22.6. The smallest absolute Gasteiger partial charge is 0.261 e. The number of likely N-dealkylation sites (tertiary alicyclic amines) is 1. The summed E-state index contributed by atoms with van der Waals surface area (Å²) in [6, 6.07) is 11.4. The van der Waals surface area contributed by atoms with Crippen molar-refractivity contribution in [1.29, 1.82) is 0 Å². The quantitative estimate of drug-likeness (QED) is 0.480. The van der Waals surface area contributed by atoms with Gasteiger partial charge in [0.25, 0.3) is 15.9 Å². The number of benzene rings is 2. The summed E-state index contributed by atoms with van der Waals surface area (Å²) in [6.07, 6.45) is 0.902. The van der Waals surface area contributed by atoms with Crippen LogP contribution < -0.4 is 10.0 Å². The Hall–Kier alpha value is -3.20. The van der Waals surface area contributed by atoms with Gasteiger partial charge in [-0.05, 0) is 55.7 Å². The predicted molar refractivity (Wildman–Crippen MR) is 116 cm³/mol. The first-order valence-corrected chi connectivity index (χ1v) is 11.5. The van der Waals surface area contributed by atoms with E-state index in [0.717, 1.165) is 5.56 Å². The van der Waals surface area contributed by atoms with Crippen LogP contribution in [0.5, 0.6) is 0 Å². The van der Waals surface area contributed by atoms with Crippen LogP contribution in [0.3, 0.4) is 0 Å². The molecule has 0 aliphatic carbocycles. The average molecular weight is 444 g/mol. The highest BCUT2D eigenvalue weighted by Crippen LogP contribution is 2.20. The second-order valence-electron chi connectivity index (χ2n) is 7.50. The second-order valence-corrected chi connectivity index (χ2v) is 9.18. The molecule has 1 aliphatic rings. The Morgan fingerprint density at radius 1 is 1.03 bits per heavy atom. The number of hydrogen-bond donors (Lipinski definition) is 2. The molecule has 0 bridgehead atoms. The van der Waals surface area contributed by atoms with E-state index in [-0.39, 0.29) is 48.2 Å². The van der Waals surface area contributed by atoms with Crippen LogP contribution in [0.4, 0.5) is 5.69 Å².